The third-order valence-corrected chi connectivity index (χ3v) is 4.07. The predicted molar refractivity (Wildman–Crippen MR) is 76.8 cm³/mol. The Morgan fingerprint density at radius 3 is 2.94 bits per heavy atom. The molecular formula is C16H20N2. The van der Waals surface area contributed by atoms with Crippen molar-refractivity contribution in [2.75, 3.05) is 5.32 Å². The van der Waals surface area contributed by atoms with Crippen LogP contribution in [0, 0.1) is 5.92 Å². The number of nitrogens with one attached hydrogen (secondary N) is 1. The van der Waals surface area contributed by atoms with Crippen molar-refractivity contribution < 1.29 is 0 Å². The molecule has 1 saturated carbocycles. The number of anilines is 1. The van der Waals surface area contributed by atoms with Crippen LogP contribution in [0.15, 0.2) is 36.5 Å². The molecule has 1 heterocycles. The molecule has 2 aromatic rings. The average Bonchev–Trinajstić information content (AvgIpc) is 2.41. The fourth-order valence-electron chi connectivity index (χ4n) is 2.91. The fourth-order valence-corrected chi connectivity index (χ4v) is 2.91. The van der Waals surface area contributed by atoms with Crippen molar-refractivity contribution in [3.05, 3.63) is 36.5 Å². The molecule has 2 heteroatoms. The molecule has 1 fully saturated rings. The van der Waals surface area contributed by atoms with Crippen LogP contribution in [0.1, 0.15) is 32.6 Å². The van der Waals surface area contributed by atoms with Crippen molar-refractivity contribution in [1.82, 2.24) is 4.98 Å². The zero-order valence-corrected chi connectivity index (χ0v) is 10.9. The van der Waals surface area contributed by atoms with Gasteiger partial charge >= 0.3 is 0 Å². The summed E-state index contributed by atoms with van der Waals surface area (Å²) in [5, 5.41) is 4.91. The van der Waals surface area contributed by atoms with Gasteiger partial charge in [-0.05, 0) is 43.0 Å². The lowest BCUT2D eigenvalue weighted by molar-refractivity contribution is 0.349. The minimum Gasteiger partial charge on any atom is -0.382 e. The Balaban J connectivity index is 1.81. The van der Waals surface area contributed by atoms with Gasteiger partial charge in [-0.1, -0.05) is 25.8 Å². The Hall–Kier alpha value is -1.57. The van der Waals surface area contributed by atoms with Crippen LogP contribution in [0.4, 0.5) is 5.69 Å². The van der Waals surface area contributed by atoms with Gasteiger partial charge < -0.3 is 5.32 Å². The van der Waals surface area contributed by atoms with Gasteiger partial charge in [0.2, 0.25) is 0 Å². The lowest BCUT2D eigenvalue weighted by Gasteiger charge is -2.30. The lowest BCUT2D eigenvalue weighted by Crippen LogP contribution is -2.30. The first kappa shape index (κ1) is 11.5. The fraction of sp³-hybridized carbons (Fsp3) is 0.438. The van der Waals surface area contributed by atoms with E-state index in [0.29, 0.717) is 6.04 Å². The number of benzene rings is 1. The first-order chi connectivity index (χ1) is 8.83. The molecule has 18 heavy (non-hydrogen) atoms. The molecule has 0 saturated heterocycles. The normalized spacial score (nSPS) is 24.1. The Morgan fingerprint density at radius 1 is 1.17 bits per heavy atom. The second-order valence-electron chi connectivity index (χ2n) is 5.42. The molecule has 3 rings (SSSR count). The van der Waals surface area contributed by atoms with E-state index in [1.165, 1.54) is 36.8 Å². The maximum atomic E-state index is 4.36. The van der Waals surface area contributed by atoms with E-state index in [0.717, 1.165) is 11.4 Å². The van der Waals surface area contributed by atoms with E-state index in [-0.39, 0.29) is 0 Å². The van der Waals surface area contributed by atoms with Gasteiger partial charge in [-0.3, -0.25) is 4.98 Å². The molecule has 0 radical (unpaired) electrons. The molecule has 1 aromatic carbocycles. The van der Waals surface area contributed by atoms with Gasteiger partial charge in [-0.25, -0.2) is 0 Å². The summed E-state index contributed by atoms with van der Waals surface area (Å²) in [5.74, 6) is 0.781. The number of nitrogens with zero attached hydrogens (tertiary/aromatic N) is 1. The van der Waals surface area contributed by atoms with E-state index in [9.17, 15) is 0 Å². The van der Waals surface area contributed by atoms with Gasteiger partial charge in [-0.15, -0.1) is 0 Å². The summed E-state index contributed by atoms with van der Waals surface area (Å²) < 4.78 is 0. The molecule has 1 N–H and O–H groups in total. The largest absolute Gasteiger partial charge is 0.382 e. The molecule has 1 aliphatic rings. The second kappa shape index (κ2) is 4.97. The average molecular weight is 240 g/mol. The number of hydrogen-bond donors (Lipinski definition) is 1. The molecule has 1 aliphatic carbocycles. The van der Waals surface area contributed by atoms with Crippen LogP contribution in [0.5, 0.6) is 0 Å². The Morgan fingerprint density at radius 2 is 2.06 bits per heavy atom. The van der Waals surface area contributed by atoms with Gasteiger partial charge in [0.25, 0.3) is 0 Å². The van der Waals surface area contributed by atoms with E-state index < -0.39 is 0 Å². The molecule has 0 amide bonds. The van der Waals surface area contributed by atoms with Crippen LogP contribution in [0.3, 0.4) is 0 Å². The molecular weight excluding hydrogens is 220 g/mol. The van der Waals surface area contributed by atoms with Crippen molar-refractivity contribution >= 4 is 16.6 Å². The van der Waals surface area contributed by atoms with E-state index >= 15 is 0 Å². The first-order valence-electron chi connectivity index (χ1n) is 6.94. The van der Waals surface area contributed by atoms with Crippen molar-refractivity contribution in [3.63, 3.8) is 0 Å². The maximum Gasteiger partial charge on any atom is 0.0703 e. The number of aromatic nitrogens is 1. The maximum absolute atomic E-state index is 4.36. The number of hydrogen-bond acceptors (Lipinski definition) is 2. The van der Waals surface area contributed by atoms with Crippen LogP contribution in [0.2, 0.25) is 0 Å². The summed E-state index contributed by atoms with van der Waals surface area (Å²) in [6.45, 7) is 2.36. The number of fused-ring (bicyclic) bond motifs is 1. The highest BCUT2D eigenvalue weighted by molar-refractivity contribution is 5.82. The minimum absolute atomic E-state index is 0.632. The van der Waals surface area contributed by atoms with E-state index in [1.54, 1.807) is 0 Å². The number of rotatable bonds is 2. The molecule has 0 aliphatic heterocycles. The van der Waals surface area contributed by atoms with Gasteiger partial charge in [0.1, 0.15) is 0 Å². The van der Waals surface area contributed by atoms with E-state index in [1.807, 2.05) is 12.3 Å². The smallest absolute Gasteiger partial charge is 0.0703 e. The Kier molecular flexibility index (Phi) is 3.18. The van der Waals surface area contributed by atoms with Crippen molar-refractivity contribution in [2.24, 2.45) is 5.92 Å². The molecule has 2 atom stereocenters. The van der Waals surface area contributed by atoms with Crippen LogP contribution >= 0.6 is 0 Å². The summed E-state index contributed by atoms with van der Waals surface area (Å²) in [6.07, 6.45) is 7.25. The number of pyridine rings is 1. The van der Waals surface area contributed by atoms with E-state index in [2.05, 4.69) is 41.5 Å². The lowest BCUT2D eigenvalue weighted by atomic mass is 9.86. The standard InChI is InChI=1S/C16H20N2/c1-12-5-2-3-7-15(12)18-14-8-9-16-13(11-14)6-4-10-17-16/h4,6,8-12,15,18H,2-3,5,7H2,1H3. The third kappa shape index (κ3) is 2.33. The molecule has 2 nitrogen and oxygen atoms in total. The van der Waals surface area contributed by atoms with Crippen LogP contribution in [0.25, 0.3) is 10.9 Å². The predicted octanol–water partition coefficient (Wildman–Crippen LogP) is 4.23. The van der Waals surface area contributed by atoms with Crippen LogP contribution in [-0.2, 0) is 0 Å². The first-order valence-corrected chi connectivity index (χ1v) is 6.94. The summed E-state index contributed by atoms with van der Waals surface area (Å²) in [5.41, 5.74) is 2.30. The molecule has 1 aromatic heterocycles. The second-order valence-corrected chi connectivity index (χ2v) is 5.42. The van der Waals surface area contributed by atoms with Crippen LogP contribution in [-0.4, -0.2) is 11.0 Å². The SMILES string of the molecule is CC1CCCCC1Nc1ccc2ncccc2c1. The van der Waals surface area contributed by atoms with Gasteiger partial charge in [-0.2, -0.15) is 0 Å². The molecule has 2 unspecified atom stereocenters. The van der Waals surface area contributed by atoms with Crippen LogP contribution < -0.4 is 5.32 Å². The topological polar surface area (TPSA) is 24.9 Å². The highest BCUT2D eigenvalue weighted by Gasteiger charge is 2.20. The Bertz CT molecular complexity index is 535. The third-order valence-electron chi connectivity index (χ3n) is 4.07. The van der Waals surface area contributed by atoms with E-state index in [4.69, 9.17) is 0 Å². The van der Waals surface area contributed by atoms with Crippen molar-refractivity contribution in [2.45, 2.75) is 38.6 Å². The van der Waals surface area contributed by atoms with Gasteiger partial charge in [0.05, 0.1) is 5.52 Å². The van der Waals surface area contributed by atoms with Gasteiger partial charge in [0.15, 0.2) is 0 Å². The summed E-state index contributed by atoms with van der Waals surface area (Å²) in [4.78, 5) is 4.36. The zero-order valence-electron chi connectivity index (χ0n) is 10.9. The molecule has 0 bridgehead atoms. The zero-order chi connectivity index (χ0) is 12.4. The van der Waals surface area contributed by atoms with Crippen molar-refractivity contribution in [3.8, 4) is 0 Å². The highest BCUT2D eigenvalue weighted by atomic mass is 14.9. The van der Waals surface area contributed by atoms with Gasteiger partial charge in [0, 0.05) is 23.3 Å². The van der Waals surface area contributed by atoms with Crippen molar-refractivity contribution in [1.29, 1.82) is 0 Å². The summed E-state index contributed by atoms with van der Waals surface area (Å²) in [6, 6.07) is 11.2. The minimum atomic E-state index is 0.632. The quantitative estimate of drug-likeness (QED) is 0.850. The highest BCUT2D eigenvalue weighted by Crippen LogP contribution is 2.27. The molecule has 94 valence electrons. The summed E-state index contributed by atoms with van der Waals surface area (Å²) >= 11 is 0. The monoisotopic (exact) mass is 240 g/mol. The summed E-state index contributed by atoms with van der Waals surface area (Å²) in [7, 11) is 0. The molecule has 0 spiro atoms. The Labute approximate surface area is 108 Å².